The SMILES string of the molecule is CCN(C(=O)c1cc(F)ccc1Oc1cncnc1N1CC2(CCN(C[C@@H]3CC[C@@H](NS(=O)(=O)C4CC4)CO3)CC2)C1)C(C)C. The Bertz CT molecular complexity index is 1460. The maximum absolute atomic E-state index is 14.3. The molecule has 1 spiro atoms. The summed E-state index contributed by atoms with van der Waals surface area (Å²) >= 11 is 0. The van der Waals surface area contributed by atoms with E-state index in [1.807, 2.05) is 20.8 Å². The van der Waals surface area contributed by atoms with E-state index in [0.717, 1.165) is 71.2 Å². The van der Waals surface area contributed by atoms with Crippen molar-refractivity contribution in [2.24, 2.45) is 5.41 Å². The molecule has 13 heteroatoms. The van der Waals surface area contributed by atoms with Crippen LogP contribution >= 0.6 is 0 Å². The van der Waals surface area contributed by atoms with Crippen LogP contribution in [0.4, 0.5) is 10.2 Å². The van der Waals surface area contributed by atoms with Crippen molar-refractivity contribution in [3.63, 3.8) is 0 Å². The highest BCUT2D eigenvalue weighted by molar-refractivity contribution is 7.90. The summed E-state index contributed by atoms with van der Waals surface area (Å²) in [5.74, 6) is 0.592. The molecule has 11 nitrogen and oxygen atoms in total. The third kappa shape index (κ3) is 7.26. The molecule has 1 aromatic carbocycles. The highest BCUT2D eigenvalue weighted by atomic mass is 32.2. The molecular weight excluding hydrogens is 599 g/mol. The van der Waals surface area contributed by atoms with Gasteiger partial charge >= 0.3 is 0 Å². The van der Waals surface area contributed by atoms with Crippen molar-refractivity contribution in [1.82, 2.24) is 24.5 Å². The Morgan fingerprint density at radius 1 is 1.18 bits per heavy atom. The van der Waals surface area contributed by atoms with Gasteiger partial charge in [-0.15, -0.1) is 0 Å². The van der Waals surface area contributed by atoms with Crippen LogP contribution in [0, 0.1) is 11.2 Å². The summed E-state index contributed by atoms with van der Waals surface area (Å²) in [7, 11) is -3.19. The maximum Gasteiger partial charge on any atom is 0.257 e. The van der Waals surface area contributed by atoms with Crippen molar-refractivity contribution >= 4 is 21.7 Å². The lowest BCUT2D eigenvalue weighted by atomic mass is 9.72. The van der Waals surface area contributed by atoms with Gasteiger partial charge < -0.3 is 24.2 Å². The summed E-state index contributed by atoms with van der Waals surface area (Å²) in [6.45, 7) is 11.2. The Labute approximate surface area is 265 Å². The molecule has 1 N–H and O–H groups in total. The Kier molecular flexibility index (Phi) is 9.33. The number of rotatable bonds is 11. The molecule has 1 aliphatic carbocycles. The van der Waals surface area contributed by atoms with Gasteiger partial charge in [-0.05, 0) is 90.6 Å². The first kappa shape index (κ1) is 32.1. The lowest BCUT2D eigenvalue weighted by Gasteiger charge is -2.54. The number of sulfonamides is 1. The molecule has 0 unspecified atom stereocenters. The molecule has 4 aliphatic rings. The molecule has 246 valence electrons. The van der Waals surface area contributed by atoms with E-state index in [9.17, 15) is 17.6 Å². The first-order valence-corrected chi connectivity index (χ1v) is 17.8. The van der Waals surface area contributed by atoms with E-state index in [4.69, 9.17) is 9.47 Å². The van der Waals surface area contributed by atoms with Gasteiger partial charge in [0, 0.05) is 43.7 Å². The number of halogens is 1. The molecule has 4 heterocycles. The summed E-state index contributed by atoms with van der Waals surface area (Å²) in [6.07, 6.45) is 8.57. The highest BCUT2D eigenvalue weighted by Crippen LogP contribution is 2.45. The van der Waals surface area contributed by atoms with Gasteiger partial charge in [0.1, 0.15) is 17.9 Å². The van der Waals surface area contributed by atoms with Gasteiger partial charge in [0.2, 0.25) is 10.0 Å². The minimum absolute atomic E-state index is 0.0412. The number of anilines is 1. The number of nitrogens with one attached hydrogen (secondary N) is 1. The number of nitrogens with zero attached hydrogens (tertiary/aromatic N) is 5. The summed E-state index contributed by atoms with van der Waals surface area (Å²) in [4.78, 5) is 28.3. The number of aromatic nitrogens is 2. The third-order valence-corrected chi connectivity index (χ3v) is 11.7. The van der Waals surface area contributed by atoms with Gasteiger partial charge in [0.05, 0.1) is 29.7 Å². The van der Waals surface area contributed by atoms with Crippen LogP contribution in [0.3, 0.4) is 0 Å². The van der Waals surface area contributed by atoms with Crippen molar-refractivity contribution < 1.29 is 27.1 Å². The second kappa shape index (κ2) is 13.1. The molecule has 1 saturated carbocycles. The van der Waals surface area contributed by atoms with Crippen LogP contribution in [0.15, 0.2) is 30.7 Å². The van der Waals surface area contributed by atoms with Gasteiger partial charge in [-0.2, -0.15) is 0 Å². The van der Waals surface area contributed by atoms with Crippen LogP contribution in [0.25, 0.3) is 0 Å². The number of hydrogen-bond acceptors (Lipinski definition) is 9. The lowest BCUT2D eigenvalue weighted by molar-refractivity contribution is -0.0299. The number of carbonyl (C=O) groups is 1. The van der Waals surface area contributed by atoms with Gasteiger partial charge in [-0.1, -0.05) is 0 Å². The predicted octanol–water partition coefficient (Wildman–Crippen LogP) is 3.81. The second-order valence-electron chi connectivity index (χ2n) is 13.4. The quantitative estimate of drug-likeness (QED) is 0.390. The third-order valence-electron chi connectivity index (χ3n) is 9.67. The molecular formula is C32H45FN6O5S. The number of likely N-dealkylation sites (tertiary alicyclic amines) is 1. The molecule has 6 rings (SSSR count). The Hall–Kier alpha value is -2.87. The fraction of sp³-hybridized carbons (Fsp3) is 0.656. The van der Waals surface area contributed by atoms with Crippen LogP contribution in [0.2, 0.25) is 0 Å². The smallest absolute Gasteiger partial charge is 0.257 e. The molecule has 0 bridgehead atoms. The minimum Gasteiger partial charge on any atom is -0.451 e. The zero-order valence-corrected chi connectivity index (χ0v) is 27.3. The zero-order chi connectivity index (χ0) is 31.8. The Morgan fingerprint density at radius 2 is 1.93 bits per heavy atom. The molecule has 3 aliphatic heterocycles. The van der Waals surface area contributed by atoms with E-state index in [2.05, 4.69) is 24.5 Å². The van der Waals surface area contributed by atoms with E-state index >= 15 is 0 Å². The molecule has 45 heavy (non-hydrogen) atoms. The second-order valence-corrected chi connectivity index (χ2v) is 15.4. The average molecular weight is 645 g/mol. The van der Waals surface area contributed by atoms with Crippen molar-refractivity contribution in [3.05, 3.63) is 42.1 Å². The van der Waals surface area contributed by atoms with Crippen LogP contribution in [-0.4, -0.2) is 103 Å². The first-order chi connectivity index (χ1) is 21.6. The van der Waals surface area contributed by atoms with E-state index in [0.29, 0.717) is 24.7 Å². The number of benzene rings is 1. The monoisotopic (exact) mass is 644 g/mol. The topological polar surface area (TPSA) is 117 Å². The van der Waals surface area contributed by atoms with Crippen molar-refractivity contribution in [2.45, 2.75) is 82.7 Å². The summed E-state index contributed by atoms with van der Waals surface area (Å²) in [5, 5.41) is -0.202. The fourth-order valence-electron chi connectivity index (χ4n) is 6.87. The van der Waals surface area contributed by atoms with Crippen molar-refractivity contribution in [1.29, 1.82) is 0 Å². The average Bonchev–Trinajstić information content (AvgIpc) is 3.86. The number of carbonyl (C=O) groups excluding carboxylic acids is 1. The summed E-state index contributed by atoms with van der Waals surface area (Å²) in [6, 6.07) is 3.85. The molecule has 4 fully saturated rings. The van der Waals surface area contributed by atoms with Crippen LogP contribution in [-0.2, 0) is 14.8 Å². The largest absolute Gasteiger partial charge is 0.451 e. The maximum atomic E-state index is 14.3. The molecule has 2 atom stereocenters. The Balaban J connectivity index is 1.02. The molecule has 3 saturated heterocycles. The van der Waals surface area contributed by atoms with Gasteiger partial charge in [-0.25, -0.2) is 27.5 Å². The van der Waals surface area contributed by atoms with Crippen molar-refractivity contribution in [2.75, 3.05) is 50.8 Å². The van der Waals surface area contributed by atoms with E-state index in [1.165, 1.54) is 24.5 Å². The molecule has 1 aromatic heterocycles. The van der Waals surface area contributed by atoms with Crippen molar-refractivity contribution in [3.8, 4) is 11.5 Å². The van der Waals surface area contributed by atoms with Gasteiger partial charge in [0.15, 0.2) is 11.6 Å². The number of piperidine rings is 1. The van der Waals surface area contributed by atoms with E-state index in [1.54, 1.807) is 11.1 Å². The van der Waals surface area contributed by atoms with Crippen LogP contribution in [0.1, 0.15) is 69.7 Å². The van der Waals surface area contributed by atoms with Gasteiger partial charge in [0.25, 0.3) is 5.91 Å². The predicted molar refractivity (Wildman–Crippen MR) is 169 cm³/mol. The molecule has 1 amide bonds. The van der Waals surface area contributed by atoms with E-state index < -0.39 is 15.8 Å². The number of amides is 1. The lowest BCUT2D eigenvalue weighted by Crippen LogP contribution is -2.61. The van der Waals surface area contributed by atoms with Crippen LogP contribution < -0.4 is 14.4 Å². The number of ether oxygens (including phenoxy) is 2. The number of hydrogen-bond donors (Lipinski definition) is 1. The zero-order valence-electron chi connectivity index (χ0n) is 26.5. The highest BCUT2D eigenvalue weighted by Gasteiger charge is 2.46. The molecule has 0 radical (unpaired) electrons. The normalized spacial score (nSPS) is 23.6. The first-order valence-electron chi connectivity index (χ1n) is 16.2. The Morgan fingerprint density at radius 3 is 2.58 bits per heavy atom. The fourth-order valence-corrected chi connectivity index (χ4v) is 8.47. The standard InChI is InChI=1S/C32H45FN6O5S/c1-4-39(22(2)3)31(40)27-15-23(33)5-10-28(27)44-29-16-34-21-35-30(29)38-19-32(20-38)11-13-37(14-12-32)17-25-7-6-24(18-43-25)36-45(41,42)26-8-9-26/h5,10,15-16,21-22,24-26,36H,4,6-9,11-14,17-20H2,1-3H3/t24-,25+/m1/s1. The van der Waals surface area contributed by atoms with Crippen LogP contribution in [0.5, 0.6) is 11.5 Å². The molecule has 2 aromatic rings. The van der Waals surface area contributed by atoms with E-state index in [-0.39, 0.29) is 46.1 Å². The minimum atomic E-state index is -3.19. The van der Waals surface area contributed by atoms with Gasteiger partial charge in [-0.3, -0.25) is 4.79 Å². The summed E-state index contributed by atoms with van der Waals surface area (Å²) < 4.78 is 53.9. The summed E-state index contributed by atoms with van der Waals surface area (Å²) in [5.41, 5.74) is 0.374.